The largest absolute Gasteiger partial charge is 0.397 e. The van der Waals surface area contributed by atoms with Gasteiger partial charge in [0, 0.05) is 11.4 Å². The highest BCUT2D eigenvalue weighted by Crippen LogP contribution is 2.39. The maximum atomic E-state index is 5.88. The van der Waals surface area contributed by atoms with Gasteiger partial charge in [0.05, 0.1) is 11.9 Å². The predicted molar refractivity (Wildman–Crippen MR) is 57.7 cm³/mol. The standard InChI is InChI=1S/C10H14N2S/c11-9-7-12-5-4-8(9)10-3-1-2-6-13-10/h4-5,7,10H,1-3,6,11H2. The highest BCUT2D eigenvalue weighted by Gasteiger charge is 2.17. The molecule has 0 saturated carbocycles. The van der Waals surface area contributed by atoms with Gasteiger partial charge in [0.25, 0.3) is 0 Å². The summed E-state index contributed by atoms with van der Waals surface area (Å²) < 4.78 is 0. The molecule has 0 spiro atoms. The number of nitrogens with zero attached hydrogens (tertiary/aromatic N) is 1. The maximum absolute atomic E-state index is 5.88. The van der Waals surface area contributed by atoms with Gasteiger partial charge >= 0.3 is 0 Å². The predicted octanol–water partition coefficient (Wildman–Crippen LogP) is 2.62. The summed E-state index contributed by atoms with van der Waals surface area (Å²) in [5.74, 6) is 1.27. The molecule has 70 valence electrons. The van der Waals surface area contributed by atoms with E-state index in [2.05, 4.69) is 11.1 Å². The quantitative estimate of drug-likeness (QED) is 0.747. The smallest absolute Gasteiger partial charge is 0.0544 e. The fraction of sp³-hybridized carbons (Fsp3) is 0.500. The van der Waals surface area contributed by atoms with Crippen molar-refractivity contribution in [1.29, 1.82) is 0 Å². The average molecular weight is 194 g/mol. The van der Waals surface area contributed by atoms with Crippen molar-refractivity contribution in [3.8, 4) is 0 Å². The lowest BCUT2D eigenvalue weighted by Gasteiger charge is -2.22. The highest BCUT2D eigenvalue weighted by atomic mass is 32.2. The van der Waals surface area contributed by atoms with Gasteiger partial charge in [-0.15, -0.1) is 0 Å². The monoisotopic (exact) mass is 194 g/mol. The molecule has 2 heterocycles. The second-order valence-electron chi connectivity index (χ2n) is 3.36. The van der Waals surface area contributed by atoms with Crippen LogP contribution in [0.1, 0.15) is 30.1 Å². The van der Waals surface area contributed by atoms with Gasteiger partial charge in [-0.25, -0.2) is 0 Å². The molecule has 1 aromatic rings. The second-order valence-corrected chi connectivity index (χ2v) is 4.67. The first-order valence-electron chi connectivity index (χ1n) is 4.69. The molecule has 2 rings (SSSR count). The molecular weight excluding hydrogens is 180 g/mol. The number of pyridine rings is 1. The first kappa shape index (κ1) is 8.88. The van der Waals surface area contributed by atoms with Gasteiger partial charge in [-0.05, 0) is 30.2 Å². The summed E-state index contributed by atoms with van der Waals surface area (Å²) in [5.41, 5.74) is 8.00. The molecule has 0 aliphatic carbocycles. The van der Waals surface area contributed by atoms with Gasteiger partial charge in [0.1, 0.15) is 0 Å². The van der Waals surface area contributed by atoms with E-state index in [4.69, 9.17) is 5.73 Å². The van der Waals surface area contributed by atoms with Crippen LogP contribution < -0.4 is 5.73 Å². The van der Waals surface area contributed by atoms with Crippen LogP contribution in [0.25, 0.3) is 0 Å². The van der Waals surface area contributed by atoms with Gasteiger partial charge in [-0.3, -0.25) is 4.98 Å². The lowest BCUT2D eigenvalue weighted by Crippen LogP contribution is -2.05. The summed E-state index contributed by atoms with van der Waals surface area (Å²) in [6.45, 7) is 0. The molecule has 1 saturated heterocycles. The molecule has 1 unspecified atom stereocenters. The van der Waals surface area contributed by atoms with Gasteiger partial charge < -0.3 is 5.73 Å². The van der Waals surface area contributed by atoms with Crippen molar-refractivity contribution < 1.29 is 0 Å². The first-order valence-corrected chi connectivity index (χ1v) is 5.74. The molecule has 1 atom stereocenters. The van der Waals surface area contributed by atoms with E-state index in [9.17, 15) is 0 Å². The molecule has 0 amide bonds. The van der Waals surface area contributed by atoms with Crippen LogP contribution in [-0.2, 0) is 0 Å². The van der Waals surface area contributed by atoms with Crippen molar-refractivity contribution in [3.05, 3.63) is 24.0 Å². The van der Waals surface area contributed by atoms with E-state index < -0.39 is 0 Å². The topological polar surface area (TPSA) is 38.9 Å². The number of anilines is 1. The summed E-state index contributed by atoms with van der Waals surface area (Å²) in [7, 11) is 0. The van der Waals surface area contributed by atoms with Crippen molar-refractivity contribution >= 4 is 17.4 Å². The highest BCUT2D eigenvalue weighted by molar-refractivity contribution is 7.99. The first-order chi connectivity index (χ1) is 6.38. The Morgan fingerprint density at radius 3 is 3.08 bits per heavy atom. The van der Waals surface area contributed by atoms with E-state index in [1.54, 1.807) is 6.20 Å². The zero-order valence-electron chi connectivity index (χ0n) is 7.57. The van der Waals surface area contributed by atoms with Crippen LogP contribution in [0.2, 0.25) is 0 Å². The third-order valence-electron chi connectivity index (χ3n) is 2.41. The van der Waals surface area contributed by atoms with Crippen molar-refractivity contribution in [1.82, 2.24) is 4.98 Å². The Kier molecular flexibility index (Phi) is 2.74. The fourth-order valence-electron chi connectivity index (χ4n) is 1.70. The number of nitrogens with two attached hydrogens (primary N) is 1. The van der Waals surface area contributed by atoms with Crippen LogP contribution in [0, 0.1) is 0 Å². The Hall–Kier alpha value is -0.700. The zero-order chi connectivity index (χ0) is 9.10. The average Bonchev–Trinajstić information content (AvgIpc) is 2.20. The van der Waals surface area contributed by atoms with Gasteiger partial charge in [-0.2, -0.15) is 11.8 Å². The summed E-state index contributed by atoms with van der Waals surface area (Å²) in [5, 5.41) is 0.608. The minimum absolute atomic E-state index is 0.608. The lowest BCUT2D eigenvalue weighted by molar-refractivity contribution is 0.687. The molecule has 3 heteroatoms. The minimum Gasteiger partial charge on any atom is -0.397 e. The van der Waals surface area contributed by atoms with E-state index >= 15 is 0 Å². The van der Waals surface area contributed by atoms with E-state index in [1.807, 2.05) is 18.0 Å². The van der Waals surface area contributed by atoms with Crippen molar-refractivity contribution in [2.24, 2.45) is 0 Å². The molecule has 1 aromatic heterocycles. The van der Waals surface area contributed by atoms with Crippen molar-refractivity contribution in [2.75, 3.05) is 11.5 Å². The molecule has 1 aliphatic heterocycles. The summed E-state index contributed by atoms with van der Waals surface area (Å²) >= 11 is 2.02. The van der Waals surface area contributed by atoms with Gasteiger partial charge in [-0.1, -0.05) is 6.42 Å². The van der Waals surface area contributed by atoms with Crippen LogP contribution in [0.4, 0.5) is 5.69 Å². The third-order valence-corrected chi connectivity index (χ3v) is 3.83. The Bertz CT molecular complexity index is 282. The van der Waals surface area contributed by atoms with Crippen LogP contribution >= 0.6 is 11.8 Å². The van der Waals surface area contributed by atoms with Crippen LogP contribution in [0.5, 0.6) is 0 Å². The van der Waals surface area contributed by atoms with Crippen LogP contribution in [0.3, 0.4) is 0 Å². The molecule has 2 N–H and O–H groups in total. The molecular formula is C10H14N2S. The third kappa shape index (κ3) is 1.97. The van der Waals surface area contributed by atoms with E-state index in [0.717, 1.165) is 5.69 Å². The summed E-state index contributed by atoms with van der Waals surface area (Å²) in [6, 6.07) is 2.05. The maximum Gasteiger partial charge on any atom is 0.0544 e. The number of nitrogen functional groups attached to an aromatic ring is 1. The number of hydrogen-bond acceptors (Lipinski definition) is 3. The van der Waals surface area contributed by atoms with E-state index in [0.29, 0.717) is 5.25 Å². The zero-order valence-corrected chi connectivity index (χ0v) is 8.39. The summed E-state index contributed by atoms with van der Waals surface area (Å²) in [6.07, 6.45) is 7.54. The normalized spacial score (nSPS) is 22.9. The van der Waals surface area contributed by atoms with Gasteiger partial charge in [0.2, 0.25) is 0 Å². The Balaban J connectivity index is 2.18. The number of thioether (sulfide) groups is 1. The minimum atomic E-state index is 0.608. The lowest BCUT2D eigenvalue weighted by atomic mass is 10.1. The molecule has 0 radical (unpaired) electrons. The van der Waals surface area contributed by atoms with Gasteiger partial charge in [0.15, 0.2) is 0 Å². The SMILES string of the molecule is Nc1cnccc1C1CCCCS1. The second kappa shape index (κ2) is 4.01. The fourth-order valence-corrected chi connectivity index (χ4v) is 3.08. The van der Waals surface area contributed by atoms with Crippen LogP contribution in [0.15, 0.2) is 18.5 Å². The number of aromatic nitrogens is 1. The van der Waals surface area contributed by atoms with Crippen molar-refractivity contribution in [2.45, 2.75) is 24.5 Å². The summed E-state index contributed by atoms with van der Waals surface area (Å²) in [4.78, 5) is 4.01. The molecule has 13 heavy (non-hydrogen) atoms. The van der Waals surface area contributed by atoms with Crippen molar-refractivity contribution in [3.63, 3.8) is 0 Å². The number of hydrogen-bond donors (Lipinski definition) is 1. The molecule has 2 nitrogen and oxygen atoms in total. The van der Waals surface area contributed by atoms with E-state index in [-0.39, 0.29) is 0 Å². The molecule has 0 bridgehead atoms. The van der Waals surface area contributed by atoms with E-state index in [1.165, 1.54) is 30.6 Å². The number of rotatable bonds is 1. The Morgan fingerprint density at radius 1 is 1.46 bits per heavy atom. The van der Waals surface area contributed by atoms with Crippen LogP contribution in [-0.4, -0.2) is 10.7 Å². The molecule has 0 aromatic carbocycles. The molecule has 1 aliphatic rings. The Labute approximate surface area is 82.9 Å². The molecule has 1 fully saturated rings. The Morgan fingerprint density at radius 2 is 2.38 bits per heavy atom.